The molecular weight excluding hydrogens is 358 g/mol. The third-order valence-corrected chi connectivity index (χ3v) is 5.34. The lowest BCUT2D eigenvalue weighted by Gasteiger charge is -2.06. The Labute approximate surface area is 160 Å². The Balaban J connectivity index is 1.22. The number of fused-ring (bicyclic) bond motifs is 1. The number of aryl methyl sites for hydroxylation is 1. The summed E-state index contributed by atoms with van der Waals surface area (Å²) < 4.78 is 2.90. The fourth-order valence-corrected chi connectivity index (χ4v) is 3.83. The van der Waals surface area contributed by atoms with Crippen LogP contribution in [0.25, 0.3) is 15.9 Å². The van der Waals surface area contributed by atoms with Gasteiger partial charge in [0.05, 0.1) is 20.9 Å². The summed E-state index contributed by atoms with van der Waals surface area (Å²) >= 11 is 1.70. The molecule has 0 saturated carbocycles. The molecule has 2 heterocycles. The molecule has 7 heteroatoms. The van der Waals surface area contributed by atoms with Crippen molar-refractivity contribution in [2.24, 2.45) is 0 Å². The van der Waals surface area contributed by atoms with E-state index in [9.17, 15) is 4.79 Å². The molecule has 2 aromatic carbocycles. The number of benzene rings is 2. The second kappa shape index (κ2) is 8.09. The maximum Gasteiger partial charge on any atom is 0.220 e. The van der Waals surface area contributed by atoms with Gasteiger partial charge in [0.25, 0.3) is 0 Å². The van der Waals surface area contributed by atoms with Crippen molar-refractivity contribution in [3.05, 3.63) is 71.8 Å². The molecule has 4 aromatic rings. The average Bonchev–Trinajstić information content (AvgIpc) is 3.36. The Kier molecular flexibility index (Phi) is 5.20. The second-order valence-electron chi connectivity index (χ2n) is 6.21. The van der Waals surface area contributed by atoms with E-state index in [0.717, 1.165) is 34.6 Å². The highest BCUT2D eigenvalue weighted by Crippen LogP contribution is 2.22. The van der Waals surface area contributed by atoms with Crippen molar-refractivity contribution in [1.82, 2.24) is 25.1 Å². The van der Waals surface area contributed by atoms with Gasteiger partial charge in [-0.3, -0.25) is 4.79 Å². The van der Waals surface area contributed by atoms with Crippen LogP contribution in [0.2, 0.25) is 0 Å². The van der Waals surface area contributed by atoms with Gasteiger partial charge in [-0.15, -0.1) is 11.3 Å². The normalized spacial score (nSPS) is 11.0. The van der Waals surface area contributed by atoms with Gasteiger partial charge < -0.3 is 5.32 Å². The molecule has 2 aromatic heterocycles. The highest BCUT2D eigenvalue weighted by molar-refractivity contribution is 7.18. The summed E-state index contributed by atoms with van der Waals surface area (Å²) in [6.45, 7) is 0.525. The van der Waals surface area contributed by atoms with Crippen molar-refractivity contribution >= 4 is 27.5 Å². The van der Waals surface area contributed by atoms with Gasteiger partial charge >= 0.3 is 0 Å². The summed E-state index contributed by atoms with van der Waals surface area (Å²) in [7, 11) is 0. The lowest BCUT2D eigenvalue weighted by molar-refractivity contribution is -0.121. The first-order valence-corrected chi connectivity index (χ1v) is 9.65. The van der Waals surface area contributed by atoms with Crippen LogP contribution >= 0.6 is 11.3 Å². The number of thiazole rings is 1. The summed E-state index contributed by atoms with van der Waals surface area (Å²) in [5, 5.41) is 8.16. The molecule has 4 rings (SSSR count). The lowest BCUT2D eigenvalue weighted by atomic mass is 10.2. The summed E-state index contributed by atoms with van der Waals surface area (Å²) in [5.41, 5.74) is 3.04. The fourth-order valence-electron chi connectivity index (χ4n) is 2.82. The van der Waals surface area contributed by atoms with Crippen LogP contribution in [0.1, 0.15) is 23.4 Å². The van der Waals surface area contributed by atoms with Gasteiger partial charge in [0.2, 0.25) is 5.91 Å². The highest BCUT2D eigenvalue weighted by atomic mass is 32.1. The van der Waals surface area contributed by atoms with E-state index in [1.165, 1.54) is 11.0 Å². The topological polar surface area (TPSA) is 72.7 Å². The number of rotatable bonds is 7. The molecule has 0 fully saturated rings. The molecule has 136 valence electrons. The lowest BCUT2D eigenvalue weighted by Crippen LogP contribution is -2.22. The Hall–Kier alpha value is -3.06. The van der Waals surface area contributed by atoms with Crippen molar-refractivity contribution in [2.45, 2.75) is 25.8 Å². The van der Waals surface area contributed by atoms with Crippen LogP contribution in [0.15, 0.2) is 61.2 Å². The largest absolute Gasteiger partial charge is 0.352 e. The van der Waals surface area contributed by atoms with Crippen LogP contribution in [0.4, 0.5) is 0 Å². The highest BCUT2D eigenvalue weighted by Gasteiger charge is 2.06. The Morgan fingerprint density at radius 3 is 2.74 bits per heavy atom. The first-order valence-electron chi connectivity index (χ1n) is 8.83. The first kappa shape index (κ1) is 17.4. The summed E-state index contributed by atoms with van der Waals surface area (Å²) in [5.74, 6) is 0.0662. The van der Waals surface area contributed by atoms with Gasteiger partial charge in [-0.2, -0.15) is 5.10 Å². The monoisotopic (exact) mass is 377 g/mol. The van der Waals surface area contributed by atoms with E-state index in [1.807, 2.05) is 42.5 Å². The van der Waals surface area contributed by atoms with Crippen LogP contribution in [0.3, 0.4) is 0 Å². The Morgan fingerprint density at radius 2 is 1.96 bits per heavy atom. The predicted octanol–water partition coefficient (Wildman–Crippen LogP) is 3.52. The molecule has 1 N–H and O–H groups in total. The Bertz CT molecular complexity index is 991. The molecule has 0 atom stereocenters. The van der Waals surface area contributed by atoms with Gasteiger partial charge in [0, 0.05) is 13.0 Å². The molecule has 0 radical (unpaired) electrons. The molecule has 0 aliphatic heterocycles. The summed E-state index contributed by atoms with van der Waals surface area (Å²) in [6.07, 6.45) is 5.30. The minimum absolute atomic E-state index is 0.0662. The van der Waals surface area contributed by atoms with Crippen molar-refractivity contribution in [3.8, 4) is 5.69 Å². The standard InChI is InChI=1S/C20H19N5OS/c26-19(6-3-7-20-24-17-4-1-2-5-18(17)27-20)22-12-15-8-10-16(11-9-15)25-14-21-13-23-25/h1-2,4-5,8-11,13-14H,3,6-7,12H2,(H,22,26). The zero-order chi connectivity index (χ0) is 18.5. The number of carbonyl (C=O) groups is 1. The molecule has 0 aliphatic carbocycles. The van der Waals surface area contributed by atoms with Crippen molar-refractivity contribution in [2.75, 3.05) is 0 Å². The van der Waals surface area contributed by atoms with Crippen LogP contribution < -0.4 is 5.32 Å². The minimum Gasteiger partial charge on any atom is -0.352 e. The van der Waals surface area contributed by atoms with E-state index in [0.29, 0.717) is 13.0 Å². The number of carbonyl (C=O) groups excluding carboxylic acids is 1. The van der Waals surface area contributed by atoms with E-state index < -0.39 is 0 Å². The molecule has 27 heavy (non-hydrogen) atoms. The Morgan fingerprint density at radius 1 is 1.11 bits per heavy atom. The number of para-hydroxylation sites is 1. The fraction of sp³-hybridized carbons (Fsp3) is 0.200. The molecule has 0 bridgehead atoms. The predicted molar refractivity (Wildman–Crippen MR) is 106 cm³/mol. The maximum absolute atomic E-state index is 12.1. The van der Waals surface area contributed by atoms with Gasteiger partial charge in [0.15, 0.2) is 0 Å². The number of hydrogen-bond donors (Lipinski definition) is 1. The molecule has 1 amide bonds. The quantitative estimate of drug-likeness (QED) is 0.535. The SMILES string of the molecule is O=C(CCCc1nc2ccccc2s1)NCc1ccc(-n2cncn2)cc1. The average molecular weight is 377 g/mol. The third-order valence-electron chi connectivity index (χ3n) is 4.24. The third kappa shape index (κ3) is 4.38. The minimum atomic E-state index is 0.0662. The van der Waals surface area contributed by atoms with E-state index in [2.05, 4.69) is 26.4 Å². The van der Waals surface area contributed by atoms with Crippen LogP contribution in [-0.2, 0) is 17.8 Å². The van der Waals surface area contributed by atoms with Gasteiger partial charge in [-0.1, -0.05) is 24.3 Å². The first-order chi connectivity index (χ1) is 13.3. The van der Waals surface area contributed by atoms with Crippen molar-refractivity contribution in [1.29, 1.82) is 0 Å². The van der Waals surface area contributed by atoms with Crippen molar-refractivity contribution < 1.29 is 4.79 Å². The second-order valence-corrected chi connectivity index (χ2v) is 7.33. The molecular formula is C20H19N5OS. The van der Waals surface area contributed by atoms with Crippen LogP contribution in [-0.4, -0.2) is 25.7 Å². The summed E-state index contributed by atoms with van der Waals surface area (Å²) in [6, 6.07) is 16.0. The zero-order valence-electron chi connectivity index (χ0n) is 14.7. The smallest absolute Gasteiger partial charge is 0.220 e. The summed E-state index contributed by atoms with van der Waals surface area (Å²) in [4.78, 5) is 20.6. The van der Waals surface area contributed by atoms with Gasteiger partial charge in [-0.05, 0) is 42.7 Å². The number of amides is 1. The number of hydrogen-bond acceptors (Lipinski definition) is 5. The van der Waals surface area contributed by atoms with Crippen LogP contribution in [0.5, 0.6) is 0 Å². The maximum atomic E-state index is 12.1. The number of nitrogens with one attached hydrogen (secondary N) is 1. The molecule has 0 spiro atoms. The molecule has 0 saturated heterocycles. The molecule has 0 unspecified atom stereocenters. The zero-order valence-corrected chi connectivity index (χ0v) is 15.5. The van der Waals surface area contributed by atoms with Crippen molar-refractivity contribution in [3.63, 3.8) is 0 Å². The van der Waals surface area contributed by atoms with E-state index in [1.54, 1.807) is 22.3 Å². The van der Waals surface area contributed by atoms with E-state index >= 15 is 0 Å². The van der Waals surface area contributed by atoms with E-state index in [4.69, 9.17) is 0 Å². The molecule has 0 aliphatic rings. The number of aromatic nitrogens is 4. The van der Waals surface area contributed by atoms with Gasteiger partial charge in [0.1, 0.15) is 12.7 Å². The number of nitrogens with zero attached hydrogens (tertiary/aromatic N) is 4. The van der Waals surface area contributed by atoms with E-state index in [-0.39, 0.29) is 5.91 Å². The molecule has 6 nitrogen and oxygen atoms in total. The van der Waals surface area contributed by atoms with Crippen LogP contribution in [0, 0.1) is 0 Å². The van der Waals surface area contributed by atoms with Gasteiger partial charge in [-0.25, -0.2) is 14.6 Å².